The van der Waals surface area contributed by atoms with Gasteiger partial charge in [0.15, 0.2) is 0 Å². The Balaban J connectivity index is 0.00000256. The van der Waals surface area contributed by atoms with Gasteiger partial charge in [0, 0.05) is 22.5 Å². The van der Waals surface area contributed by atoms with Crippen LogP contribution in [0.25, 0.3) is 10.9 Å². The summed E-state index contributed by atoms with van der Waals surface area (Å²) < 4.78 is 27.7. The van der Waals surface area contributed by atoms with Crippen LogP contribution in [-0.2, 0) is 10.0 Å². The minimum absolute atomic E-state index is 0. The average molecular weight is 443 g/mol. The summed E-state index contributed by atoms with van der Waals surface area (Å²) in [5.74, 6) is 0.699. The molecule has 10 heteroatoms. The fourth-order valence-corrected chi connectivity index (χ4v) is 3.85. The van der Waals surface area contributed by atoms with Gasteiger partial charge in [-0.05, 0) is 56.3 Å². The molecule has 0 saturated heterocycles. The number of para-hydroxylation sites is 1. The van der Waals surface area contributed by atoms with Gasteiger partial charge in [-0.1, -0.05) is 12.1 Å². The van der Waals surface area contributed by atoms with E-state index in [0.29, 0.717) is 22.9 Å². The number of aromatic nitrogens is 4. The van der Waals surface area contributed by atoms with Crippen molar-refractivity contribution >= 4 is 50.8 Å². The number of anilines is 3. The number of nitrogens with one attached hydrogen (secondary N) is 2. The number of hydrogen-bond donors (Lipinski definition) is 2. The van der Waals surface area contributed by atoms with Crippen LogP contribution in [0.15, 0.2) is 65.8 Å². The Morgan fingerprint density at radius 3 is 2.23 bits per heavy atom. The minimum Gasteiger partial charge on any atom is -0.340 e. The summed E-state index contributed by atoms with van der Waals surface area (Å²) in [7, 11) is -3.80. The molecule has 0 spiro atoms. The Labute approximate surface area is 180 Å². The van der Waals surface area contributed by atoms with E-state index in [0.717, 1.165) is 10.9 Å². The highest BCUT2D eigenvalue weighted by molar-refractivity contribution is 7.92. The molecular weight excluding hydrogens is 424 g/mol. The first-order valence-electron chi connectivity index (χ1n) is 8.83. The molecule has 30 heavy (non-hydrogen) atoms. The zero-order chi connectivity index (χ0) is 20.4. The zero-order valence-corrected chi connectivity index (χ0v) is 17.8. The Hall–Kier alpha value is -3.30. The molecule has 4 aromatic rings. The van der Waals surface area contributed by atoms with Gasteiger partial charge in [-0.15, -0.1) is 12.4 Å². The van der Waals surface area contributed by atoms with Crippen LogP contribution in [0, 0.1) is 13.8 Å². The van der Waals surface area contributed by atoms with Gasteiger partial charge < -0.3 is 5.32 Å². The highest BCUT2D eigenvalue weighted by Crippen LogP contribution is 2.24. The van der Waals surface area contributed by atoms with E-state index in [2.05, 4.69) is 30.0 Å². The lowest BCUT2D eigenvalue weighted by atomic mass is 10.2. The fraction of sp³-hybridized carbons (Fsp3) is 0.100. The van der Waals surface area contributed by atoms with Gasteiger partial charge >= 0.3 is 0 Å². The molecule has 154 valence electrons. The smallest absolute Gasteiger partial charge is 0.264 e. The zero-order valence-electron chi connectivity index (χ0n) is 16.2. The molecular formula is C20H19ClN6O2S. The first kappa shape index (κ1) is 21.4. The van der Waals surface area contributed by atoms with E-state index in [9.17, 15) is 8.42 Å². The molecule has 0 aliphatic rings. The topological polar surface area (TPSA) is 110 Å². The van der Waals surface area contributed by atoms with Crippen molar-refractivity contribution in [2.75, 3.05) is 10.0 Å². The van der Waals surface area contributed by atoms with Crippen molar-refractivity contribution in [1.82, 2.24) is 19.9 Å². The van der Waals surface area contributed by atoms with Crippen molar-refractivity contribution in [2.24, 2.45) is 0 Å². The van der Waals surface area contributed by atoms with E-state index in [1.54, 1.807) is 32.0 Å². The summed E-state index contributed by atoms with van der Waals surface area (Å²) in [4.78, 5) is 16.9. The van der Waals surface area contributed by atoms with Crippen LogP contribution in [-0.4, -0.2) is 28.4 Å². The van der Waals surface area contributed by atoms with Gasteiger partial charge in [-0.3, -0.25) is 0 Å². The number of rotatable bonds is 5. The van der Waals surface area contributed by atoms with Crippen molar-refractivity contribution < 1.29 is 8.42 Å². The third-order valence-electron chi connectivity index (χ3n) is 4.18. The van der Waals surface area contributed by atoms with E-state index in [4.69, 9.17) is 0 Å². The number of benzene rings is 2. The highest BCUT2D eigenvalue weighted by Gasteiger charge is 2.16. The molecule has 0 saturated carbocycles. The summed E-state index contributed by atoms with van der Waals surface area (Å²) in [6.07, 6.45) is 1.48. The summed E-state index contributed by atoms with van der Waals surface area (Å²) >= 11 is 0. The van der Waals surface area contributed by atoms with Gasteiger partial charge in [0.05, 0.1) is 10.4 Å². The van der Waals surface area contributed by atoms with Crippen molar-refractivity contribution in [1.29, 1.82) is 0 Å². The van der Waals surface area contributed by atoms with E-state index >= 15 is 0 Å². The quantitative estimate of drug-likeness (QED) is 0.480. The van der Waals surface area contributed by atoms with Crippen molar-refractivity contribution in [3.05, 3.63) is 72.3 Å². The van der Waals surface area contributed by atoms with Gasteiger partial charge in [-0.25, -0.2) is 33.1 Å². The predicted molar refractivity (Wildman–Crippen MR) is 119 cm³/mol. The maximum absolute atomic E-state index is 12.6. The van der Waals surface area contributed by atoms with Gasteiger partial charge in [0.2, 0.25) is 5.95 Å². The monoisotopic (exact) mass is 442 g/mol. The Morgan fingerprint density at radius 2 is 1.53 bits per heavy atom. The number of hydrogen-bond acceptors (Lipinski definition) is 7. The summed E-state index contributed by atoms with van der Waals surface area (Å²) in [5, 5.41) is 4.07. The molecule has 2 heterocycles. The first-order valence-corrected chi connectivity index (χ1v) is 10.3. The van der Waals surface area contributed by atoms with Crippen LogP contribution in [0.2, 0.25) is 0 Å². The van der Waals surface area contributed by atoms with Gasteiger partial charge in [0.1, 0.15) is 12.1 Å². The lowest BCUT2D eigenvalue weighted by Gasteiger charge is -2.10. The van der Waals surface area contributed by atoms with Gasteiger partial charge in [-0.2, -0.15) is 0 Å². The minimum atomic E-state index is -3.80. The molecule has 0 radical (unpaired) electrons. The molecule has 2 N–H and O–H groups in total. The maximum Gasteiger partial charge on any atom is 0.264 e. The van der Waals surface area contributed by atoms with Crippen molar-refractivity contribution in [3.63, 3.8) is 0 Å². The molecule has 0 atom stereocenters. The molecule has 0 aliphatic heterocycles. The molecule has 0 fully saturated rings. The van der Waals surface area contributed by atoms with Crippen LogP contribution < -0.4 is 10.0 Å². The largest absolute Gasteiger partial charge is 0.340 e. The number of nitrogens with zero attached hydrogens (tertiary/aromatic N) is 4. The van der Waals surface area contributed by atoms with E-state index in [1.165, 1.54) is 18.5 Å². The van der Waals surface area contributed by atoms with E-state index in [-0.39, 0.29) is 23.3 Å². The second-order valence-corrected chi connectivity index (χ2v) is 8.15. The first-order chi connectivity index (χ1) is 13.9. The van der Waals surface area contributed by atoms with E-state index in [1.807, 2.05) is 24.3 Å². The van der Waals surface area contributed by atoms with E-state index < -0.39 is 10.0 Å². The molecule has 4 rings (SSSR count). The third kappa shape index (κ3) is 4.64. The van der Waals surface area contributed by atoms with Gasteiger partial charge in [0.25, 0.3) is 10.0 Å². The summed E-state index contributed by atoms with van der Waals surface area (Å²) in [6, 6.07) is 15.8. The SMILES string of the molecule is Cc1cc(C)nc(NS(=O)(=O)c2ccc(Nc3ncnc4ccccc34)cc2)n1.Cl. The summed E-state index contributed by atoms with van der Waals surface area (Å²) in [6.45, 7) is 3.56. The van der Waals surface area contributed by atoms with Crippen LogP contribution in [0.5, 0.6) is 0 Å². The number of sulfonamides is 1. The summed E-state index contributed by atoms with van der Waals surface area (Å²) in [5.41, 5.74) is 2.90. The number of fused-ring (bicyclic) bond motifs is 1. The molecule has 2 aromatic carbocycles. The normalized spacial score (nSPS) is 11.0. The third-order valence-corrected chi connectivity index (χ3v) is 5.52. The molecule has 0 aliphatic carbocycles. The second-order valence-electron chi connectivity index (χ2n) is 6.47. The standard InChI is InChI=1S/C20H18N6O2S.ClH/c1-13-11-14(2)24-20(23-13)26-29(27,28)16-9-7-15(8-10-16)25-19-17-5-3-4-6-18(17)21-12-22-19;/h3-12H,1-2H3,(H,21,22,25)(H,23,24,26);1H. The van der Waals surface area contributed by atoms with Crippen LogP contribution in [0.1, 0.15) is 11.4 Å². The van der Waals surface area contributed by atoms with Crippen molar-refractivity contribution in [3.8, 4) is 0 Å². The molecule has 0 unspecified atom stereocenters. The predicted octanol–water partition coefficient (Wildman–Crippen LogP) is 4.00. The average Bonchev–Trinajstić information content (AvgIpc) is 2.67. The number of halogens is 1. The molecule has 0 amide bonds. The lowest BCUT2D eigenvalue weighted by Crippen LogP contribution is -2.15. The van der Waals surface area contributed by atoms with Crippen LogP contribution in [0.4, 0.5) is 17.5 Å². The van der Waals surface area contributed by atoms with Crippen LogP contribution >= 0.6 is 12.4 Å². The maximum atomic E-state index is 12.6. The van der Waals surface area contributed by atoms with Crippen molar-refractivity contribution in [2.45, 2.75) is 18.7 Å². The Bertz CT molecular complexity index is 1270. The molecule has 2 aromatic heterocycles. The van der Waals surface area contributed by atoms with Crippen LogP contribution in [0.3, 0.4) is 0 Å². The highest BCUT2D eigenvalue weighted by atomic mass is 35.5. The Kier molecular flexibility index (Phi) is 6.14. The second kappa shape index (κ2) is 8.60. The number of aryl methyl sites for hydroxylation is 2. The lowest BCUT2D eigenvalue weighted by molar-refractivity contribution is 0.601. The molecule has 8 nitrogen and oxygen atoms in total. The Morgan fingerprint density at radius 1 is 0.867 bits per heavy atom. The molecule has 0 bridgehead atoms. The fourth-order valence-electron chi connectivity index (χ4n) is 2.91.